The summed E-state index contributed by atoms with van der Waals surface area (Å²) in [5, 5.41) is 4.80. The number of rotatable bonds is 10. The van der Waals surface area contributed by atoms with Gasteiger partial charge in [0.15, 0.2) is 0 Å². The molecule has 0 aliphatic carbocycles. The van der Waals surface area contributed by atoms with Gasteiger partial charge in [-0.15, -0.1) is 0 Å². The first-order valence-electron chi connectivity index (χ1n) is 12.5. The highest BCUT2D eigenvalue weighted by Gasteiger charge is 2.25. The van der Waals surface area contributed by atoms with Gasteiger partial charge < -0.3 is 23.5 Å². The Morgan fingerprint density at radius 2 is 1.46 bits per heavy atom. The number of aromatic nitrogens is 2. The van der Waals surface area contributed by atoms with E-state index in [1.807, 2.05) is 73.7 Å². The smallest absolute Gasteiger partial charge is 0.254 e. The molecule has 39 heavy (non-hydrogen) atoms. The Morgan fingerprint density at radius 1 is 0.821 bits per heavy atom. The quantitative estimate of drug-likeness (QED) is 0.210. The fourth-order valence-electron chi connectivity index (χ4n) is 4.22. The van der Waals surface area contributed by atoms with Crippen molar-refractivity contribution in [2.24, 2.45) is 0 Å². The molecule has 0 saturated heterocycles. The van der Waals surface area contributed by atoms with E-state index >= 15 is 0 Å². The second-order valence-electron chi connectivity index (χ2n) is 8.86. The van der Waals surface area contributed by atoms with E-state index in [4.69, 9.17) is 23.7 Å². The lowest BCUT2D eigenvalue weighted by molar-refractivity contribution is 0.0716. The summed E-state index contributed by atoms with van der Waals surface area (Å²) in [6, 6.07) is 27.8. The van der Waals surface area contributed by atoms with Gasteiger partial charge in [0, 0.05) is 5.56 Å². The number of nitrogens with zero attached hydrogens (tertiary/aromatic N) is 3. The highest BCUT2D eigenvalue weighted by Crippen LogP contribution is 2.33. The molecule has 0 N–H and O–H groups in total. The predicted octanol–water partition coefficient (Wildman–Crippen LogP) is 6.43. The van der Waals surface area contributed by atoms with Gasteiger partial charge in [-0.1, -0.05) is 18.2 Å². The van der Waals surface area contributed by atoms with Crippen molar-refractivity contribution in [1.82, 2.24) is 14.7 Å². The van der Waals surface area contributed by atoms with Crippen molar-refractivity contribution in [2.45, 2.75) is 20.0 Å². The third-order valence-electron chi connectivity index (χ3n) is 6.31. The number of hydrogen-bond donors (Lipinski definition) is 0. The molecule has 0 atom stereocenters. The van der Waals surface area contributed by atoms with E-state index in [0.717, 1.165) is 22.7 Å². The lowest BCUT2D eigenvalue weighted by Crippen LogP contribution is -2.30. The number of methoxy groups -OCH3 is 2. The lowest BCUT2D eigenvalue weighted by atomic mass is 10.1. The maximum Gasteiger partial charge on any atom is 0.254 e. The molecule has 3 aromatic carbocycles. The average molecular weight is 524 g/mol. The van der Waals surface area contributed by atoms with Crippen LogP contribution in [-0.4, -0.2) is 34.8 Å². The molecule has 198 valence electrons. The number of amides is 1. The van der Waals surface area contributed by atoms with Crippen LogP contribution in [0, 0.1) is 6.92 Å². The first-order valence-corrected chi connectivity index (χ1v) is 12.5. The predicted molar refractivity (Wildman–Crippen MR) is 147 cm³/mol. The molecule has 5 rings (SSSR count). The summed E-state index contributed by atoms with van der Waals surface area (Å²) in [6.45, 7) is 2.43. The summed E-state index contributed by atoms with van der Waals surface area (Å²) >= 11 is 0. The third-order valence-corrected chi connectivity index (χ3v) is 6.31. The zero-order chi connectivity index (χ0) is 27.2. The number of carbonyl (C=O) groups excluding carboxylic acids is 1. The SMILES string of the molecule is COc1ccc(Oc2c(CN(Cc3ccco3)C(=O)c3ccc(OC)cc3)c(C)nn2-c2ccccc2)cc1. The van der Waals surface area contributed by atoms with Crippen LogP contribution in [0.2, 0.25) is 0 Å². The van der Waals surface area contributed by atoms with E-state index < -0.39 is 0 Å². The van der Waals surface area contributed by atoms with Crippen LogP contribution in [0.3, 0.4) is 0 Å². The molecule has 8 nitrogen and oxygen atoms in total. The van der Waals surface area contributed by atoms with Crippen molar-refractivity contribution in [3.05, 3.63) is 120 Å². The highest BCUT2D eigenvalue weighted by molar-refractivity contribution is 5.94. The lowest BCUT2D eigenvalue weighted by Gasteiger charge is -2.23. The van der Waals surface area contributed by atoms with Crippen LogP contribution in [0.25, 0.3) is 5.69 Å². The molecule has 5 aromatic rings. The Morgan fingerprint density at radius 3 is 2.08 bits per heavy atom. The number of aryl methyl sites for hydroxylation is 1. The van der Waals surface area contributed by atoms with Crippen LogP contribution in [0.15, 0.2) is 102 Å². The minimum Gasteiger partial charge on any atom is -0.497 e. The summed E-state index contributed by atoms with van der Waals surface area (Å²) < 4.78 is 24.3. The molecule has 1 amide bonds. The van der Waals surface area contributed by atoms with E-state index in [1.54, 1.807) is 54.3 Å². The van der Waals surface area contributed by atoms with E-state index in [9.17, 15) is 4.79 Å². The number of hydrogen-bond acceptors (Lipinski definition) is 6. The molecular weight excluding hydrogens is 494 g/mol. The van der Waals surface area contributed by atoms with Gasteiger partial charge in [-0.2, -0.15) is 5.10 Å². The summed E-state index contributed by atoms with van der Waals surface area (Å²) in [4.78, 5) is 15.5. The molecule has 0 aliphatic rings. The zero-order valence-electron chi connectivity index (χ0n) is 22.0. The minimum absolute atomic E-state index is 0.156. The highest BCUT2D eigenvalue weighted by atomic mass is 16.5. The van der Waals surface area contributed by atoms with Crippen molar-refractivity contribution in [3.63, 3.8) is 0 Å². The molecule has 0 aliphatic heterocycles. The van der Waals surface area contributed by atoms with E-state index in [0.29, 0.717) is 28.7 Å². The zero-order valence-corrected chi connectivity index (χ0v) is 22.0. The fraction of sp³-hybridized carbons (Fsp3) is 0.161. The molecule has 0 saturated carbocycles. The maximum absolute atomic E-state index is 13.8. The van der Waals surface area contributed by atoms with Crippen LogP contribution >= 0.6 is 0 Å². The largest absolute Gasteiger partial charge is 0.497 e. The van der Waals surface area contributed by atoms with Crippen molar-refractivity contribution >= 4 is 5.91 Å². The molecular formula is C31H29N3O5. The number of para-hydroxylation sites is 1. The Labute approximate surface area is 227 Å². The second-order valence-corrected chi connectivity index (χ2v) is 8.86. The molecule has 0 bridgehead atoms. The van der Waals surface area contributed by atoms with Crippen LogP contribution in [0.1, 0.15) is 27.4 Å². The summed E-state index contributed by atoms with van der Waals surface area (Å²) in [7, 11) is 3.22. The minimum atomic E-state index is -0.156. The fourth-order valence-corrected chi connectivity index (χ4v) is 4.22. The van der Waals surface area contributed by atoms with Gasteiger partial charge in [-0.25, -0.2) is 4.68 Å². The molecule has 0 spiro atoms. The van der Waals surface area contributed by atoms with Gasteiger partial charge in [0.1, 0.15) is 23.0 Å². The van der Waals surface area contributed by atoms with Crippen molar-refractivity contribution in [1.29, 1.82) is 0 Å². The number of carbonyl (C=O) groups is 1. The van der Waals surface area contributed by atoms with Gasteiger partial charge in [0.2, 0.25) is 5.88 Å². The molecule has 0 fully saturated rings. The van der Waals surface area contributed by atoms with Gasteiger partial charge in [-0.05, 0) is 79.7 Å². The standard InChI is InChI=1S/C31H29N3O5/c1-22-29(21-33(20-28-10-7-19-38-28)30(35)23-11-13-25(36-2)14-12-23)31(34(32-22)24-8-5-4-6-9-24)39-27-17-15-26(37-3)16-18-27/h4-19H,20-21H2,1-3H3. The Balaban J connectivity index is 1.55. The van der Waals surface area contributed by atoms with E-state index in [1.165, 1.54) is 0 Å². The molecule has 0 radical (unpaired) electrons. The maximum atomic E-state index is 13.8. The van der Waals surface area contributed by atoms with Crippen LogP contribution in [-0.2, 0) is 13.1 Å². The van der Waals surface area contributed by atoms with Gasteiger partial charge in [0.05, 0.1) is 50.5 Å². The van der Waals surface area contributed by atoms with Crippen molar-refractivity contribution < 1.29 is 23.4 Å². The topological polar surface area (TPSA) is 79.0 Å². The molecule has 8 heteroatoms. The first kappa shape index (κ1) is 25.7. The number of ether oxygens (including phenoxy) is 3. The monoisotopic (exact) mass is 523 g/mol. The van der Waals surface area contributed by atoms with Gasteiger partial charge in [-0.3, -0.25) is 4.79 Å². The normalized spacial score (nSPS) is 10.7. The van der Waals surface area contributed by atoms with Crippen LogP contribution in [0.5, 0.6) is 23.1 Å². The van der Waals surface area contributed by atoms with Gasteiger partial charge >= 0.3 is 0 Å². The van der Waals surface area contributed by atoms with E-state index in [2.05, 4.69) is 0 Å². The van der Waals surface area contributed by atoms with Crippen LogP contribution < -0.4 is 14.2 Å². The Hall–Kier alpha value is -4.98. The van der Waals surface area contributed by atoms with Gasteiger partial charge in [0.25, 0.3) is 5.91 Å². The van der Waals surface area contributed by atoms with Crippen molar-refractivity contribution in [2.75, 3.05) is 14.2 Å². The Kier molecular flexibility index (Phi) is 7.63. The molecule has 2 aromatic heterocycles. The first-order chi connectivity index (χ1) is 19.1. The Bertz CT molecular complexity index is 1510. The van der Waals surface area contributed by atoms with Crippen LogP contribution in [0.4, 0.5) is 0 Å². The number of furan rings is 1. The third kappa shape index (κ3) is 5.80. The van der Waals surface area contributed by atoms with Crippen molar-refractivity contribution in [3.8, 4) is 28.8 Å². The number of benzene rings is 3. The molecule has 0 unspecified atom stereocenters. The average Bonchev–Trinajstić information content (AvgIpc) is 3.61. The second kappa shape index (κ2) is 11.6. The summed E-state index contributed by atoms with van der Waals surface area (Å²) in [6.07, 6.45) is 1.60. The summed E-state index contributed by atoms with van der Waals surface area (Å²) in [5.74, 6) is 3.06. The molecule has 2 heterocycles. The van der Waals surface area contributed by atoms with E-state index in [-0.39, 0.29) is 19.0 Å². The summed E-state index contributed by atoms with van der Waals surface area (Å²) in [5.41, 5.74) is 2.90.